The van der Waals surface area contributed by atoms with E-state index in [-0.39, 0.29) is 17.5 Å². The minimum absolute atomic E-state index is 0.00638. The van der Waals surface area contributed by atoms with Gasteiger partial charge in [0.05, 0.1) is 6.20 Å². The molecule has 0 aromatic carbocycles. The Kier molecular flexibility index (Phi) is 5.01. The van der Waals surface area contributed by atoms with Crippen LogP contribution in [0.4, 0.5) is 11.6 Å². The maximum Gasteiger partial charge on any atom is 0.302 e. The number of carbonyl (C=O) groups is 1. The molecule has 10 heteroatoms. The van der Waals surface area contributed by atoms with E-state index in [1.54, 1.807) is 10.9 Å². The smallest absolute Gasteiger partial charge is 0.302 e. The van der Waals surface area contributed by atoms with Gasteiger partial charge in [-0.1, -0.05) is 12.8 Å². The average Bonchev–Trinajstić information content (AvgIpc) is 2.84. The monoisotopic (exact) mass is 357 g/mol. The predicted octanol–water partition coefficient (Wildman–Crippen LogP) is 0.253. The number of guanidine groups is 1. The maximum atomic E-state index is 12.2. The summed E-state index contributed by atoms with van der Waals surface area (Å²) in [4.78, 5) is 26.9. The van der Waals surface area contributed by atoms with Gasteiger partial charge >= 0.3 is 5.91 Å². The van der Waals surface area contributed by atoms with Crippen molar-refractivity contribution in [1.82, 2.24) is 19.7 Å². The lowest BCUT2D eigenvalue weighted by Crippen LogP contribution is -2.27. The highest BCUT2D eigenvalue weighted by molar-refractivity contribution is 6.03. The van der Waals surface area contributed by atoms with E-state index in [4.69, 9.17) is 17.2 Å². The lowest BCUT2D eigenvalue weighted by atomic mass is 10.2. The number of nitrogen functional groups attached to an aromatic ring is 1. The summed E-state index contributed by atoms with van der Waals surface area (Å²) in [5.41, 5.74) is 17.8. The van der Waals surface area contributed by atoms with Gasteiger partial charge in [0.1, 0.15) is 5.69 Å². The van der Waals surface area contributed by atoms with Crippen LogP contribution >= 0.6 is 0 Å². The van der Waals surface area contributed by atoms with Gasteiger partial charge in [0.15, 0.2) is 23.3 Å². The first-order valence-corrected chi connectivity index (χ1v) is 8.51. The number of nitrogens with two attached hydrogens (primary N) is 3. The van der Waals surface area contributed by atoms with Crippen molar-refractivity contribution >= 4 is 23.5 Å². The van der Waals surface area contributed by atoms with E-state index in [0.29, 0.717) is 11.5 Å². The zero-order valence-electron chi connectivity index (χ0n) is 14.7. The summed E-state index contributed by atoms with van der Waals surface area (Å²) in [6, 6.07) is 0. The summed E-state index contributed by atoms with van der Waals surface area (Å²) in [6.07, 6.45) is 8.00. The molecule has 0 atom stereocenters. The van der Waals surface area contributed by atoms with Gasteiger partial charge in [-0.3, -0.25) is 9.48 Å². The molecule has 1 saturated heterocycles. The van der Waals surface area contributed by atoms with Gasteiger partial charge in [-0.25, -0.2) is 9.97 Å². The molecule has 3 rings (SSSR count). The number of anilines is 2. The van der Waals surface area contributed by atoms with Gasteiger partial charge in [0, 0.05) is 31.9 Å². The molecule has 1 fully saturated rings. The number of aromatic nitrogens is 4. The Balaban J connectivity index is 2.12. The van der Waals surface area contributed by atoms with Crippen LogP contribution < -0.4 is 22.1 Å². The van der Waals surface area contributed by atoms with Crippen molar-refractivity contribution in [2.75, 3.05) is 23.7 Å². The highest BCUT2D eigenvalue weighted by Crippen LogP contribution is 2.31. The molecule has 10 nitrogen and oxygen atoms in total. The van der Waals surface area contributed by atoms with Crippen LogP contribution in [0.15, 0.2) is 17.4 Å². The SMILES string of the molecule is Cn1cc(-c2nc(C(=O)N=C(N)N)c(N)nc2N2CCCCCC2)cn1. The second-order valence-electron chi connectivity index (χ2n) is 6.28. The molecule has 0 radical (unpaired) electrons. The number of hydrogen-bond acceptors (Lipinski definition) is 6. The summed E-state index contributed by atoms with van der Waals surface area (Å²) in [7, 11) is 1.81. The van der Waals surface area contributed by atoms with E-state index < -0.39 is 5.91 Å². The minimum Gasteiger partial charge on any atom is -0.382 e. The Morgan fingerprint density at radius 1 is 1.15 bits per heavy atom. The van der Waals surface area contributed by atoms with E-state index in [0.717, 1.165) is 31.5 Å². The summed E-state index contributed by atoms with van der Waals surface area (Å²) in [6.45, 7) is 1.73. The molecule has 1 amide bonds. The number of nitrogens with zero attached hydrogens (tertiary/aromatic N) is 6. The van der Waals surface area contributed by atoms with Crippen LogP contribution in [0, 0.1) is 0 Å². The molecular weight excluding hydrogens is 334 g/mol. The second kappa shape index (κ2) is 7.38. The molecule has 1 aliphatic heterocycles. The molecule has 2 aromatic heterocycles. The molecule has 6 N–H and O–H groups in total. The van der Waals surface area contributed by atoms with Gasteiger partial charge in [-0.2, -0.15) is 10.1 Å². The van der Waals surface area contributed by atoms with Gasteiger partial charge in [0.25, 0.3) is 0 Å². The molecule has 0 aliphatic carbocycles. The Morgan fingerprint density at radius 2 is 1.85 bits per heavy atom. The fourth-order valence-corrected chi connectivity index (χ4v) is 3.01. The van der Waals surface area contributed by atoms with Gasteiger partial charge in [-0.05, 0) is 12.8 Å². The predicted molar refractivity (Wildman–Crippen MR) is 99.5 cm³/mol. The van der Waals surface area contributed by atoms with Crippen LogP contribution in [0.25, 0.3) is 11.3 Å². The number of aliphatic imine (C=N–C) groups is 1. The second-order valence-corrected chi connectivity index (χ2v) is 6.28. The number of carbonyl (C=O) groups excluding carboxylic acids is 1. The third-order valence-electron chi connectivity index (χ3n) is 4.22. The Bertz CT molecular complexity index is 830. The molecule has 0 bridgehead atoms. The Morgan fingerprint density at radius 3 is 2.42 bits per heavy atom. The Hall–Kier alpha value is -3.17. The number of rotatable bonds is 3. The van der Waals surface area contributed by atoms with E-state index in [1.165, 1.54) is 12.8 Å². The first kappa shape index (κ1) is 17.6. The zero-order valence-corrected chi connectivity index (χ0v) is 14.7. The first-order valence-electron chi connectivity index (χ1n) is 8.51. The molecule has 0 spiro atoms. The number of hydrogen-bond donors (Lipinski definition) is 3. The standard InChI is InChI=1S/C16H23N9O/c1-24-9-10(8-20-24)11-14(25-6-4-2-3-5-7-25)22-13(17)12(21-11)15(26)23-16(18)19/h8-9H,2-7H2,1H3,(H2,17,22)(H4,18,19,23,26). The van der Waals surface area contributed by atoms with Crippen LogP contribution in [-0.2, 0) is 7.05 Å². The first-order chi connectivity index (χ1) is 12.5. The van der Waals surface area contributed by atoms with Crippen molar-refractivity contribution in [3.8, 4) is 11.3 Å². The molecular formula is C16H23N9O. The fraction of sp³-hybridized carbons (Fsp3) is 0.438. The maximum absolute atomic E-state index is 12.2. The molecule has 2 aromatic rings. The molecule has 3 heterocycles. The molecule has 0 unspecified atom stereocenters. The van der Waals surface area contributed by atoms with Crippen molar-refractivity contribution in [2.24, 2.45) is 23.5 Å². The summed E-state index contributed by atoms with van der Waals surface area (Å²) >= 11 is 0. The van der Waals surface area contributed by atoms with Crippen molar-refractivity contribution < 1.29 is 4.79 Å². The van der Waals surface area contributed by atoms with Gasteiger partial charge in [-0.15, -0.1) is 0 Å². The van der Waals surface area contributed by atoms with E-state index in [1.807, 2.05) is 13.2 Å². The van der Waals surface area contributed by atoms with Crippen molar-refractivity contribution in [3.05, 3.63) is 18.1 Å². The van der Waals surface area contributed by atoms with Crippen LogP contribution in [0.2, 0.25) is 0 Å². The van der Waals surface area contributed by atoms with Crippen molar-refractivity contribution in [2.45, 2.75) is 25.7 Å². The molecule has 138 valence electrons. The third kappa shape index (κ3) is 3.73. The average molecular weight is 357 g/mol. The van der Waals surface area contributed by atoms with E-state index in [2.05, 4.69) is 25.0 Å². The van der Waals surface area contributed by atoms with Crippen LogP contribution in [0.5, 0.6) is 0 Å². The van der Waals surface area contributed by atoms with E-state index in [9.17, 15) is 4.79 Å². The third-order valence-corrected chi connectivity index (χ3v) is 4.22. The summed E-state index contributed by atoms with van der Waals surface area (Å²) < 4.78 is 1.66. The molecule has 26 heavy (non-hydrogen) atoms. The molecule has 1 aliphatic rings. The zero-order chi connectivity index (χ0) is 18.7. The quantitative estimate of drug-likeness (QED) is 0.522. The normalized spacial score (nSPS) is 14.7. The number of aryl methyl sites for hydroxylation is 1. The topological polar surface area (TPSA) is 154 Å². The van der Waals surface area contributed by atoms with Crippen molar-refractivity contribution in [3.63, 3.8) is 0 Å². The Labute approximate surface area is 151 Å². The summed E-state index contributed by atoms with van der Waals surface area (Å²) in [5.74, 6) is -0.413. The highest BCUT2D eigenvalue weighted by Gasteiger charge is 2.23. The number of amides is 1. The van der Waals surface area contributed by atoms with Crippen molar-refractivity contribution in [1.29, 1.82) is 0 Å². The minimum atomic E-state index is -0.720. The van der Waals surface area contributed by atoms with E-state index >= 15 is 0 Å². The van der Waals surface area contributed by atoms with Crippen LogP contribution in [-0.4, -0.2) is 44.7 Å². The lowest BCUT2D eigenvalue weighted by molar-refractivity contribution is 0.0998. The highest BCUT2D eigenvalue weighted by atomic mass is 16.1. The lowest BCUT2D eigenvalue weighted by Gasteiger charge is -2.24. The van der Waals surface area contributed by atoms with Gasteiger partial charge < -0.3 is 22.1 Å². The van der Waals surface area contributed by atoms with Gasteiger partial charge in [0.2, 0.25) is 0 Å². The fourth-order valence-electron chi connectivity index (χ4n) is 3.01. The van der Waals surface area contributed by atoms with Crippen LogP contribution in [0.3, 0.4) is 0 Å². The largest absolute Gasteiger partial charge is 0.382 e. The molecule has 0 saturated carbocycles. The summed E-state index contributed by atoms with van der Waals surface area (Å²) in [5, 5.41) is 4.19. The van der Waals surface area contributed by atoms with Crippen LogP contribution in [0.1, 0.15) is 36.2 Å².